The summed E-state index contributed by atoms with van der Waals surface area (Å²) in [5, 5.41) is 0. The third-order valence-electron chi connectivity index (χ3n) is 8.00. The Morgan fingerprint density at radius 3 is 1.71 bits per heavy atom. The van der Waals surface area contributed by atoms with E-state index in [-0.39, 0.29) is 11.3 Å². The molecule has 0 bridgehead atoms. The smallest absolute Gasteiger partial charge is 0.0551 e. The number of benzene rings is 4. The summed E-state index contributed by atoms with van der Waals surface area (Å²) in [4.78, 5) is 0. The van der Waals surface area contributed by atoms with Gasteiger partial charge in [-0.1, -0.05) is 125 Å². The number of aryl methyl sites for hydroxylation is 4. The molecule has 0 heterocycles. The largest absolute Gasteiger partial charge is 0.0761 e. The molecule has 0 amide bonds. The van der Waals surface area contributed by atoms with Gasteiger partial charge in [-0.2, -0.15) is 0 Å². The Labute approximate surface area is 209 Å². The van der Waals surface area contributed by atoms with Crippen molar-refractivity contribution in [1.29, 1.82) is 0 Å². The molecule has 4 aromatic carbocycles. The summed E-state index contributed by atoms with van der Waals surface area (Å²) < 4.78 is 0. The van der Waals surface area contributed by atoms with E-state index < -0.39 is 0 Å². The van der Waals surface area contributed by atoms with Gasteiger partial charge in [0.25, 0.3) is 0 Å². The second kappa shape index (κ2) is 8.24. The molecule has 0 nitrogen and oxygen atoms in total. The van der Waals surface area contributed by atoms with E-state index in [2.05, 4.69) is 131 Å². The van der Waals surface area contributed by atoms with Gasteiger partial charge in [0.2, 0.25) is 0 Å². The van der Waals surface area contributed by atoms with Gasteiger partial charge in [-0.3, -0.25) is 0 Å². The lowest BCUT2D eigenvalue weighted by atomic mass is 9.60. The van der Waals surface area contributed by atoms with Gasteiger partial charge in [-0.25, -0.2) is 0 Å². The number of hydrogen-bond donors (Lipinski definition) is 0. The highest BCUT2D eigenvalue weighted by Crippen LogP contribution is 2.52. The fraction of sp³-hybridized carbons (Fsp3) is 0.200. The maximum atomic E-state index is 2.47. The molecule has 2 aliphatic carbocycles. The predicted octanol–water partition coefficient (Wildman–Crippen LogP) is 8.57. The molecular weight excluding hydrogens is 420 g/mol. The van der Waals surface area contributed by atoms with Crippen LogP contribution in [-0.2, 0) is 11.8 Å². The number of allylic oxidation sites excluding steroid dienone is 4. The Hall–Kier alpha value is -3.64. The Kier molecular flexibility index (Phi) is 5.15. The maximum absolute atomic E-state index is 2.47. The zero-order chi connectivity index (χ0) is 24.2. The first-order valence-corrected chi connectivity index (χ1v) is 12.7. The molecule has 0 spiro atoms. The lowest BCUT2D eigenvalue weighted by Crippen LogP contribution is -2.37. The zero-order valence-electron chi connectivity index (χ0n) is 21.1. The fourth-order valence-corrected chi connectivity index (χ4v) is 6.28. The lowest BCUT2D eigenvalue weighted by molar-refractivity contribution is 0.524. The van der Waals surface area contributed by atoms with Crippen molar-refractivity contribution in [1.82, 2.24) is 0 Å². The molecule has 35 heavy (non-hydrogen) atoms. The van der Waals surface area contributed by atoms with Crippen LogP contribution >= 0.6 is 0 Å². The van der Waals surface area contributed by atoms with Crippen LogP contribution < -0.4 is 0 Å². The van der Waals surface area contributed by atoms with Crippen LogP contribution in [0.5, 0.6) is 0 Å². The van der Waals surface area contributed by atoms with Crippen LogP contribution in [-0.4, -0.2) is 0 Å². The summed E-state index contributed by atoms with van der Waals surface area (Å²) in [5.41, 5.74) is 14.8. The quantitative estimate of drug-likeness (QED) is 0.240. The molecule has 0 aromatic heterocycles. The molecule has 0 fully saturated rings. The van der Waals surface area contributed by atoms with Crippen molar-refractivity contribution in [2.45, 2.75) is 39.5 Å². The minimum Gasteiger partial charge on any atom is -0.0761 e. The molecule has 4 aromatic rings. The minimum atomic E-state index is -0.307. The maximum Gasteiger partial charge on any atom is 0.0551 e. The highest BCUT2D eigenvalue weighted by molar-refractivity contribution is 5.81. The zero-order valence-corrected chi connectivity index (χ0v) is 21.1. The summed E-state index contributed by atoms with van der Waals surface area (Å²) in [5.74, 6) is 0.240. The highest BCUT2D eigenvalue weighted by atomic mass is 14.5. The van der Waals surface area contributed by atoms with Crippen LogP contribution in [0.15, 0.2) is 103 Å². The first kappa shape index (κ1) is 21.9. The average Bonchev–Trinajstić information content (AvgIpc) is 3.50. The Balaban J connectivity index is 1.73. The van der Waals surface area contributed by atoms with Crippen LogP contribution in [0.3, 0.4) is 0 Å². The van der Waals surface area contributed by atoms with Gasteiger partial charge in [-0.15, -0.1) is 0 Å². The molecule has 0 aliphatic heterocycles. The second-order valence-electron chi connectivity index (χ2n) is 10.5. The van der Waals surface area contributed by atoms with E-state index >= 15 is 0 Å². The van der Waals surface area contributed by atoms with Crippen LogP contribution in [0.25, 0.3) is 11.1 Å². The van der Waals surface area contributed by atoms with Crippen molar-refractivity contribution in [3.8, 4) is 11.1 Å². The van der Waals surface area contributed by atoms with E-state index in [1.165, 1.54) is 61.2 Å². The first-order valence-electron chi connectivity index (χ1n) is 12.7. The van der Waals surface area contributed by atoms with Crippen molar-refractivity contribution in [3.05, 3.63) is 153 Å². The van der Waals surface area contributed by atoms with Crippen molar-refractivity contribution in [2.75, 3.05) is 0 Å². The van der Waals surface area contributed by atoms with E-state index in [1.54, 1.807) is 0 Å². The van der Waals surface area contributed by atoms with Gasteiger partial charge in [0.15, 0.2) is 0 Å². The highest BCUT2D eigenvalue weighted by Gasteiger charge is 2.45. The summed E-state index contributed by atoms with van der Waals surface area (Å²) in [6.07, 6.45) is 10.2. The van der Waals surface area contributed by atoms with Crippen molar-refractivity contribution in [3.63, 3.8) is 0 Å². The molecule has 172 valence electrons. The normalized spacial score (nSPS) is 14.4. The van der Waals surface area contributed by atoms with E-state index in [4.69, 9.17) is 0 Å². The monoisotopic (exact) mass is 452 g/mol. The molecule has 0 unspecified atom stereocenters. The van der Waals surface area contributed by atoms with Gasteiger partial charge in [0.1, 0.15) is 0 Å². The van der Waals surface area contributed by atoms with Crippen molar-refractivity contribution in [2.24, 2.45) is 5.92 Å². The van der Waals surface area contributed by atoms with E-state index in [0.29, 0.717) is 0 Å². The van der Waals surface area contributed by atoms with Crippen molar-refractivity contribution >= 4 is 0 Å². The van der Waals surface area contributed by atoms with E-state index in [9.17, 15) is 0 Å². The van der Waals surface area contributed by atoms with Crippen LogP contribution in [0, 0.1) is 33.6 Å². The van der Waals surface area contributed by atoms with Crippen LogP contribution in [0.2, 0.25) is 0 Å². The molecule has 0 N–H and O–H groups in total. The number of hydrogen-bond acceptors (Lipinski definition) is 0. The van der Waals surface area contributed by atoms with Crippen LogP contribution in [0.1, 0.15) is 50.1 Å². The third kappa shape index (κ3) is 3.43. The Morgan fingerprint density at radius 2 is 1.11 bits per heavy atom. The molecule has 0 saturated heterocycles. The molecular formula is C35H32. The van der Waals surface area contributed by atoms with E-state index in [1.807, 2.05) is 0 Å². The number of fused-ring (bicyclic) bond motifs is 3. The van der Waals surface area contributed by atoms with Gasteiger partial charge in [0, 0.05) is 5.92 Å². The SMILES string of the molecule is Cc1ccc(C(c2ccc(C)cc2)(c2cc(C)cc3c2Cc2ccc(C)cc2-3)C2C=CC=C2)cc1. The van der Waals surface area contributed by atoms with Gasteiger partial charge >= 0.3 is 0 Å². The summed E-state index contributed by atoms with van der Waals surface area (Å²) in [7, 11) is 0. The summed E-state index contributed by atoms with van der Waals surface area (Å²) in [6, 6.07) is 30.4. The molecule has 0 atom stereocenters. The lowest BCUT2D eigenvalue weighted by Gasteiger charge is -2.41. The summed E-state index contributed by atoms with van der Waals surface area (Å²) in [6.45, 7) is 8.81. The third-order valence-corrected chi connectivity index (χ3v) is 8.00. The standard InChI is InChI=1S/C35H32/c1-23-10-15-29(16-11-23)35(28-7-5-6-8-28,30-17-12-24(2)13-18-30)34-21-26(4)20-32-31-19-25(3)9-14-27(31)22-33(32)34/h5-21,28H,22H2,1-4H3. The number of rotatable bonds is 4. The van der Waals surface area contributed by atoms with Gasteiger partial charge in [-0.05, 0) is 73.1 Å². The topological polar surface area (TPSA) is 0 Å². The molecule has 6 rings (SSSR count). The second-order valence-corrected chi connectivity index (χ2v) is 10.5. The first-order chi connectivity index (χ1) is 17.0. The molecule has 0 saturated carbocycles. The Bertz CT molecular complexity index is 1420. The van der Waals surface area contributed by atoms with E-state index in [0.717, 1.165) is 6.42 Å². The molecule has 0 radical (unpaired) electrons. The fourth-order valence-electron chi connectivity index (χ4n) is 6.28. The predicted molar refractivity (Wildman–Crippen MR) is 148 cm³/mol. The molecule has 0 heteroatoms. The average molecular weight is 453 g/mol. The summed E-state index contributed by atoms with van der Waals surface area (Å²) >= 11 is 0. The van der Waals surface area contributed by atoms with Crippen molar-refractivity contribution < 1.29 is 0 Å². The van der Waals surface area contributed by atoms with Crippen LogP contribution in [0.4, 0.5) is 0 Å². The van der Waals surface area contributed by atoms with Gasteiger partial charge in [0.05, 0.1) is 5.41 Å². The Morgan fingerprint density at radius 1 is 0.571 bits per heavy atom. The van der Waals surface area contributed by atoms with Gasteiger partial charge < -0.3 is 0 Å². The minimum absolute atomic E-state index is 0.240. The molecule has 2 aliphatic rings.